The van der Waals surface area contributed by atoms with Gasteiger partial charge in [0.15, 0.2) is 0 Å². The van der Waals surface area contributed by atoms with Gasteiger partial charge < -0.3 is 11.1 Å². The molecular formula is C18H24N2O. The van der Waals surface area contributed by atoms with Crippen molar-refractivity contribution in [2.24, 2.45) is 5.73 Å². The van der Waals surface area contributed by atoms with Gasteiger partial charge in [-0.05, 0) is 22.8 Å². The third-order valence-electron chi connectivity index (χ3n) is 3.73. The van der Waals surface area contributed by atoms with E-state index in [1.807, 2.05) is 18.2 Å². The molecule has 0 bridgehead atoms. The first-order chi connectivity index (χ1) is 10.2. The summed E-state index contributed by atoms with van der Waals surface area (Å²) in [5, 5.41) is 5.40. The summed E-state index contributed by atoms with van der Waals surface area (Å²) >= 11 is 0. The smallest absolute Gasteiger partial charge is 0.224 e. The van der Waals surface area contributed by atoms with Crippen LogP contribution in [-0.4, -0.2) is 18.5 Å². The zero-order valence-corrected chi connectivity index (χ0v) is 12.6. The lowest BCUT2D eigenvalue weighted by Gasteiger charge is -2.16. The van der Waals surface area contributed by atoms with Crippen molar-refractivity contribution in [1.29, 1.82) is 0 Å². The van der Waals surface area contributed by atoms with E-state index in [2.05, 4.69) is 36.5 Å². The normalized spacial score (nSPS) is 12.3. The fourth-order valence-corrected chi connectivity index (χ4v) is 2.51. The van der Waals surface area contributed by atoms with Gasteiger partial charge in [0.2, 0.25) is 5.91 Å². The quantitative estimate of drug-likeness (QED) is 0.821. The van der Waals surface area contributed by atoms with Crippen LogP contribution in [0.1, 0.15) is 31.7 Å². The van der Waals surface area contributed by atoms with Gasteiger partial charge in [0.25, 0.3) is 0 Å². The van der Waals surface area contributed by atoms with Crippen molar-refractivity contribution in [3.05, 3.63) is 48.0 Å². The van der Waals surface area contributed by atoms with E-state index in [0.717, 1.165) is 24.8 Å². The van der Waals surface area contributed by atoms with E-state index in [1.54, 1.807) is 0 Å². The molecule has 0 fully saturated rings. The van der Waals surface area contributed by atoms with Gasteiger partial charge in [-0.2, -0.15) is 0 Å². The van der Waals surface area contributed by atoms with Crippen LogP contribution in [0.15, 0.2) is 42.5 Å². The number of nitrogens with one attached hydrogen (secondary N) is 1. The van der Waals surface area contributed by atoms with Crippen LogP contribution >= 0.6 is 0 Å². The highest BCUT2D eigenvalue weighted by atomic mass is 16.1. The summed E-state index contributed by atoms with van der Waals surface area (Å²) in [5.74, 6) is 0.0526. The van der Waals surface area contributed by atoms with Crippen LogP contribution < -0.4 is 11.1 Å². The summed E-state index contributed by atoms with van der Waals surface area (Å²) < 4.78 is 0. The minimum Gasteiger partial charge on any atom is -0.352 e. The summed E-state index contributed by atoms with van der Waals surface area (Å²) in [7, 11) is 0. The van der Waals surface area contributed by atoms with Gasteiger partial charge in [-0.15, -0.1) is 0 Å². The second-order valence-corrected chi connectivity index (χ2v) is 5.50. The Hall–Kier alpha value is -1.87. The number of benzene rings is 2. The van der Waals surface area contributed by atoms with Crippen LogP contribution in [0.2, 0.25) is 0 Å². The Balaban J connectivity index is 1.97. The zero-order chi connectivity index (χ0) is 15.1. The largest absolute Gasteiger partial charge is 0.352 e. The summed E-state index contributed by atoms with van der Waals surface area (Å²) in [6.07, 6.45) is 3.58. The highest BCUT2D eigenvalue weighted by molar-refractivity contribution is 5.85. The van der Waals surface area contributed by atoms with E-state index in [4.69, 9.17) is 5.73 Å². The molecule has 0 spiro atoms. The van der Waals surface area contributed by atoms with Gasteiger partial charge in [0, 0.05) is 12.6 Å². The fourth-order valence-electron chi connectivity index (χ4n) is 2.51. The average molecular weight is 284 g/mol. The van der Waals surface area contributed by atoms with Gasteiger partial charge in [-0.25, -0.2) is 0 Å². The minimum absolute atomic E-state index is 0.0526. The second-order valence-electron chi connectivity index (χ2n) is 5.50. The monoisotopic (exact) mass is 284 g/mol. The van der Waals surface area contributed by atoms with E-state index in [1.165, 1.54) is 10.8 Å². The van der Waals surface area contributed by atoms with Crippen LogP contribution in [0.25, 0.3) is 10.8 Å². The molecule has 3 N–H and O–H groups in total. The van der Waals surface area contributed by atoms with Crippen LogP contribution in [0, 0.1) is 0 Å². The maximum absolute atomic E-state index is 12.1. The van der Waals surface area contributed by atoms with Crippen molar-refractivity contribution < 1.29 is 4.79 Å². The summed E-state index contributed by atoms with van der Waals surface area (Å²) in [4.78, 5) is 12.1. The van der Waals surface area contributed by atoms with E-state index in [0.29, 0.717) is 13.0 Å². The molecule has 0 aliphatic rings. The predicted octanol–water partition coefficient (Wildman–Crippen LogP) is 3.02. The molecule has 1 unspecified atom stereocenters. The van der Waals surface area contributed by atoms with Crippen molar-refractivity contribution in [1.82, 2.24) is 5.32 Å². The first-order valence-electron chi connectivity index (χ1n) is 7.70. The highest BCUT2D eigenvalue weighted by Crippen LogP contribution is 2.16. The lowest BCUT2D eigenvalue weighted by molar-refractivity contribution is -0.121. The number of hydrogen-bond acceptors (Lipinski definition) is 2. The molecule has 0 aliphatic carbocycles. The van der Waals surface area contributed by atoms with Gasteiger partial charge in [-0.1, -0.05) is 62.2 Å². The van der Waals surface area contributed by atoms with Crippen LogP contribution in [0.5, 0.6) is 0 Å². The van der Waals surface area contributed by atoms with Crippen LogP contribution in [0.4, 0.5) is 0 Å². The number of nitrogens with two attached hydrogens (primary N) is 1. The first-order valence-corrected chi connectivity index (χ1v) is 7.70. The molecule has 21 heavy (non-hydrogen) atoms. The van der Waals surface area contributed by atoms with Crippen molar-refractivity contribution in [3.63, 3.8) is 0 Å². The first kappa shape index (κ1) is 15.5. The second kappa shape index (κ2) is 7.79. The number of amides is 1. The third kappa shape index (κ3) is 4.57. The van der Waals surface area contributed by atoms with E-state index in [9.17, 15) is 4.79 Å². The van der Waals surface area contributed by atoms with E-state index in [-0.39, 0.29) is 11.9 Å². The number of carbonyl (C=O) groups is 1. The molecule has 2 aromatic carbocycles. The molecule has 0 saturated carbocycles. The zero-order valence-electron chi connectivity index (χ0n) is 12.6. The molecule has 1 amide bonds. The Labute approximate surface area is 126 Å². The molecule has 2 aromatic rings. The number of carbonyl (C=O) groups excluding carboxylic acids is 1. The Morgan fingerprint density at radius 2 is 1.95 bits per heavy atom. The maximum atomic E-state index is 12.1. The third-order valence-corrected chi connectivity index (χ3v) is 3.73. The Kier molecular flexibility index (Phi) is 5.76. The molecular weight excluding hydrogens is 260 g/mol. The maximum Gasteiger partial charge on any atom is 0.224 e. The van der Waals surface area contributed by atoms with Gasteiger partial charge >= 0.3 is 0 Å². The molecule has 0 aromatic heterocycles. The average Bonchev–Trinajstić information content (AvgIpc) is 2.51. The Bertz CT molecular complexity index is 595. The Morgan fingerprint density at radius 3 is 2.67 bits per heavy atom. The number of unbranched alkanes of at least 4 members (excludes halogenated alkanes) is 1. The van der Waals surface area contributed by atoms with Gasteiger partial charge in [0.05, 0.1) is 6.42 Å². The Morgan fingerprint density at radius 1 is 1.19 bits per heavy atom. The predicted molar refractivity (Wildman–Crippen MR) is 88.2 cm³/mol. The topological polar surface area (TPSA) is 55.1 Å². The summed E-state index contributed by atoms with van der Waals surface area (Å²) in [5.41, 5.74) is 6.75. The van der Waals surface area contributed by atoms with E-state index >= 15 is 0 Å². The number of rotatable bonds is 7. The van der Waals surface area contributed by atoms with Crippen molar-refractivity contribution in [3.8, 4) is 0 Å². The summed E-state index contributed by atoms with van der Waals surface area (Å²) in [6.45, 7) is 2.65. The lowest BCUT2D eigenvalue weighted by atomic mass is 10.0. The van der Waals surface area contributed by atoms with Crippen LogP contribution in [0.3, 0.4) is 0 Å². The molecule has 0 heterocycles. The molecule has 1 atom stereocenters. The minimum atomic E-state index is 0.0526. The molecule has 2 rings (SSSR count). The lowest BCUT2D eigenvalue weighted by Crippen LogP contribution is -2.40. The van der Waals surface area contributed by atoms with Crippen molar-refractivity contribution in [2.75, 3.05) is 6.54 Å². The number of fused-ring (bicyclic) bond motifs is 1. The van der Waals surface area contributed by atoms with Gasteiger partial charge in [-0.3, -0.25) is 4.79 Å². The highest BCUT2D eigenvalue weighted by Gasteiger charge is 2.10. The molecule has 0 aliphatic heterocycles. The molecule has 112 valence electrons. The molecule has 0 radical (unpaired) electrons. The number of hydrogen-bond donors (Lipinski definition) is 2. The van der Waals surface area contributed by atoms with Crippen molar-refractivity contribution in [2.45, 2.75) is 38.6 Å². The standard InChI is InChI=1S/C18H24N2O/c1-2-3-8-17(13-19)20-18(21)12-14-9-10-15-6-4-5-7-16(15)11-14/h4-7,9-11,17H,2-3,8,12-13,19H2,1H3,(H,20,21). The van der Waals surface area contributed by atoms with Crippen molar-refractivity contribution >= 4 is 16.7 Å². The van der Waals surface area contributed by atoms with Gasteiger partial charge in [0.1, 0.15) is 0 Å². The summed E-state index contributed by atoms with van der Waals surface area (Å²) in [6, 6.07) is 14.4. The molecule has 3 nitrogen and oxygen atoms in total. The fraction of sp³-hybridized carbons (Fsp3) is 0.389. The van der Waals surface area contributed by atoms with E-state index < -0.39 is 0 Å². The van der Waals surface area contributed by atoms with Crippen LogP contribution in [-0.2, 0) is 11.2 Å². The molecule has 3 heteroatoms. The SMILES string of the molecule is CCCCC(CN)NC(=O)Cc1ccc2ccccc2c1. The molecule has 0 saturated heterocycles.